The third-order valence-corrected chi connectivity index (χ3v) is 2.22. The van der Waals surface area contributed by atoms with Gasteiger partial charge in [-0.25, -0.2) is 0 Å². The van der Waals surface area contributed by atoms with Crippen LogP contribution >= 0.6 is 0 Å². The Kier molecular flexibility index (Phi) is 8.64. The topological polar surface area (TPSA) is 29.5 Å². The van der Waals surface area contributed by atoms with Crippen molar-refractivity contribution in [2.45, 2.75) is 40.0 Å². The zero-order valence-electron chi connectivity index (χ0n) is 9.71. The predicted molar refractivity (Wildman–Crippen MR) is 58.3 cm³/mol. The van der Waals surface area contributed by atoms with Gasteiger partial charge in [0.2, 0.25) is 5.91 Å². The third-order valence-electron chi connectivity index (χ3n) is 2.22. The highest BCUT2D eigenvalue weighted by Crippen LogP contribution is 1.95. The minimum atomic E-state index is 0.200. The SMILES string of the molecule is CCCCOCCC(=O)N(CC)CC. The van der Waals surface area contributed by atoms with Crippen molar-refractivity contribution in [2.75, 3.05) is 26.3 Å². The van der Waals surface area contributed by atoms with E-state index in [-0.39, 0.29) is 5.91 Å². The van der Waals surface area contributed by atoms with Gasteiger partial charge in [-0.3, -0.25) is 4.79 Å². The largest absolute Gasteiger partial charge is 0.381 e. The highest BCUT2D eigenvalue weighted by Gasteiger charge is 2.08. The lowest BCUT2D eigenvalue weighted by Crippen LogP contribution is -2.31. The summed E-state index contributed by atoms with van der Waals surface area (Å²) in [5.41, 5.74) is 0. The summed E-state index contributed by atoms with van der Waals surface area (Å²) >= 11 is 0. The lowest BCUT2D eigenvalue weighted by Gasteiger charge is -2.18. The molecule has 0 N–H and O–H groups in total. The van der Waals surface area contributed by atoms with Gasteiger partial charge in [0.1, 0.15) is 0 Å². The van der Waals surface area contributed by atoms with E-state index in [4.69, 9.17) is 4.74 Å². The van der Waals surface area contributed by atoms with Crippen LogP contribution in [0.3, 0.4) is 0 Å². The Bertz CT molecular complexity index is 144. The van der Waals surface area contributed by atoms with E-state index in [0.717, 1.165) is 32.5 Å². The van der Waals surface area contributed by atoms with Crippen molar-refractivity contribution in [1.29, 1.82) is 0 Å². The molecule has 0 bridgehead atoms. The zero-order valence-corrected chi connectivity index (χ0v) is 9.71. The van der Waals surface area contributed by atoms with Crippen LogP contribution in [0.1, 0.15) is 40.0 Å². The summed E-state index contributed by atoms with van der Waals surface area (Å²) in [6.45, 7) is 9.06. The fourth-order valence-electron chi connectivity index (χ4n) is 1.24. The number of hydrogen-bond acceptors (Lipinski definition) is 2. The second kappa shape index (κ2) is 9.00. The van der Waals surface area contributed by atoms with Gasteiger partial charge in [0, 0.05) is 19.7 Å². The van der Waals surface area contributed by atoms with Gasteiger partial charge in [0.15, 0.2) is 0 Å². The van der Waals surface area contributed by atoms with Crippen molar-refractivity contribution in [1.82, 2.24) is 4.90 Å². The maximum atomic E-state index is 11.5. The van der Waals surface area contributed by atoms with Crippen molar-refractivity contribution >= 4 is 5.91 Å². The Labute approximate surface area is 87.4 Å². The Morgan fingerprint density at radius 1 is 1.14 bits per heavy atom. The maximum absolute atomic E-state index is 11.5. The number of ether oxygens (including phenoxy) is 1. The van der Waals surface area contributed by atoms with E-state index in [9.17, 15) is 4.79 Å². The van der Waals surface area contributed by atoms with Crippen molar-refractivity contribution in [3.8, 4) is 0 Å². The van der Waals surface area contributed by atoms with Gasteiger partial charge in [0.05, 0.1) is 13.0 Å². The first-order valence-corrected chi connectivity index (χ1v) is 5.61. The molecule has 0 aromatic rings. The summed E-state index contributed by atoms with van der Waals surface area (Å²) in [5, 5.41) is 0. The molecule has 0 radical (unpaired) electrons. The molecular formula is C11H23NO2. The normalized spacial score (nSPS) is 10.2. The van der Waals surface area contributed by atoms with E-state index in [1.807, 2.05) is 18.7 Å². The molecule has 14 heavy (non-hydrogen) atoms. The Morgan fingerprint density at radius 2 is 1.79 bits per heavy atom. The van der Waals surface area contributed by atoms with Crippen LogP contribution in [0.4, 0.5) is 0 Å². The van der Waals surface area contributed by atoms with E-state index in [1.54, 1.807) is 0 Å². The van der Waals surface area contributed by atoms with Crippen molar-refractivity contribution in [2.24, 2.45) is 0 Å². The maximum Gasteiger partial charge on any atom is 0.224 e. The molecule has 0 rings (SSSR count). The van der Waals surface area contributed by atoms with Gasteiger partial charge in [0.25, 0.3) is 0 Å². The van der Waals surface area contributed by atoms with Crippen LogP contribution in [0, 0.1) is 0 Å². The fraction of sp³-hybridized carbons (Fsp3) is 0.909. The number of carbonyl (C=O) groups excluding carboxylic acids is 1. The van der Waals surface area contributed by atoms with Gasteiger partial charge >= 0.3 is 0 Å². The highest BCUT2D eigenvalue weighted by atomic mass is 16.5. The second-order valence-corrected chi connectivity index (χ2v) is 3.28. The number of carbonyl (C=O) groups is 1. The van der Waals surface area contributed by atoms with Crippen LogP contribution in [-0.4, -0.2) is 37.1 Å². The van der Waals surface area contributed by atoms with Crippen LogP contribution in [0.5, 0.6) is 0 Å². The first kappa shape index (κ1) is 13.4. The third kappa shape index (κ3) is 5.97. The lowest BCUT2D eigenvalue weighted by molar-refractivity contribution is -0.131. The molecule has 3 heteroatoms. The summed E-state index contributed by atoms with van der Waals surface area (Å²) < 4.78 is 5.34. The molecule has 0 aliphatic rings. The van der Waals surface area contributed by atoms with E-state index in [2.05, 4.69) is 6.92 Å². The van der Waals surface area contributed by atoms with Gasteiger partial charge in [-0.15, -0.1) is 0 Å². The Hall–Kier alpha value is -0.570. The molecular weight excluding hydrogens is 178 g/mol. The van der Waals surface area contributed by atoms with Crippen LogP contribution in [-0.2, 0) is 9.53 Å². The average molecular weight is 201 g/mol. The van der Waals surface area contributed by atoms with E-state index >= 15 is 0 Å². The summed E-state index contributed by atoms with van der Waals surface area (Å²) in [4.78, 5) is 13.3. The summed E-state index contributed by atoms with van der Waals surface area (Å²) in [6.07, 6.45) is 2.74. The van der Waals surface area contributed by atoms with E-state index < -0.39 is 0 Å². The standard InChI is InChI=1S/C11H23NO2/c1-4-7-9-14-10-8-11(13)12(5-2)6-3/h4-10H2,1-3H3. The van der Waals surface area contributed by atoms with Crippen molar-refractivity contribution in [3.05, 3.63) is 0 Å². The number of unbranched alkanes of at least 4 members (excludes halogenated alkanes) is 1. The smallest absolute Gasteiger partial charge is 0.224 e. The summed E-state index contributed by atoms with van der Waals surface area (Å²) in [5.74, 6) is 0.200. The van der Waals surface area contributed by atoms with Crippen LogP contribution < -0.4 is 0 Å². The van der Waals surface area contributed by atoms with Crippen molar-refractivity contribution < 1.29 is 9.53 Å². The number of rotatable bonds is 8. The number of hydrogen-bond donors (Lipinski definition) is 0. The lowest BCUT2D eigenvalue weighted by atomic mass is 10.3. The molecule has 0 saturated carbocycles. The van der Waals surface area contributed by atoms with Crippen molar-refractivity contribution in [3.63, 3.8) is 0 Å². The van der Waals surface area contributed by atoms with Gasteiger partial charge in [-0.1, -0.05) is 13.3 Å². The summed E-state index contributed by atoms with van der Waals surface area (Å²) in [6, 6.07) is 0. The van der Waals surface area contributed by atoms with Crippen LogP contribution in [0.25, 0.3) is 0 Å². The van der Waals surface area contributed by atoms with Crippen LogP contribution in [0.15, 0.2) is 0 Å². The molecule has 0 aliphatic heterocycles. The van der Waals surface area contributed by atoms with Crippen LogP contribution in [0.2, 0.25) is 0 Å². The molecule has 1 amide bonds. The Balaban J connectivity index is 3.43. The van der Waals surface area contributed by atoms with Gasteiger partial charge < -0.3 is 9.64 Å². The fourth-order valence-corrected chi connectivity index (χ4v) is 1.24. The number of nitrogens with zero attached hydrogens (tertiary/aromatic N) is 1. The van der Waals surface area contributed by atoms with Gasteiger partial charge in [-0.2, -0.15) is 0 Å². The Morgan fingerprint density at radius 3 is 2.29 bits per heavy atom. The minimum Gasteiger partial charge on any atom is -0.381 e. The molecule has 0 aromatic heterocycles. The molecule has 84 valence electrons. The monoisotopic (exact) mass is 201 g/mol. The molecule has 0 saturated heterocycles. The highest BCUT2D eigenvalue weighted by molar-refractivity contribution is 5.76. The molecule has 0 aromatic carbocycles. The molecule has 0 aliphatic carbocycles. The zero-order chi connectivity index (χ0) is 10.8. The first-order valence-electron chi connectivity index (χ1n) is 5.61. The quantitative estimate of drug-likeness (QED) is 0.563. The van der Waals surface area contributed by atoms with E-state index in [0.29, 0.717) is 13.0 Å². The molecule has 0 atom stereocenters. The number of amides is 1. The van der Waals surface area contributed by atoms with Gasteiger partial charge in [-0.05, 0) is 20.3 Å². The second-order valence-electron chi connectivity index (χ2n) is 3.28. The summed E-state index contributed by atoms with van der Waals surface area (Å²) in [7, 11) is 0. The molecule has 0 heterocycles. The predicted octanol–water partition coefficient (Wildman–Crippen LogP) is 2.06. The van der Waals surface area contributed by atoms with E-state index in [1.165, 1.54) is 0 Å². The average Bonchev–Trinajstić information content (AvgIpc) is 2.19. The molecule has 0 fully saturated rings. The molecule has 3 nitrogen and oxygen atoms in total. The molecule has 0 unspecified atom stereocenters. The minimum absolute atomic E-state index is 0.200. The first-order chi connectivity index (χ1) is 6.76. The molecule has 0 spiro atoms.